The minimum Gasteiger partial charge on any atom is -0.0612 e. The van der Waals surface area contributed by atoms with Crippen molar-refractivity contribution < 1.29 is 0 Å². The summed E-state index contributed by atoms with van der Waals surface area (Å²) in [6.07, 6.45) is 3.64. The number of nitrogens with zero attached hydrogens (tertiary/aromatic N) is 2. The summed E-state index contributed by atoms with van der Waals surface area (Å²) in [6.45, 7) is 0. The molecular formula is C8H6N2+2. The fourth-order valence-corrected chi connectivity index (χ4v) is 0.929. The molecule has 1 aromatic rings. The maximum Gasteiger partial charge on any atom is 0.428 e. The van der Waals surface area contributed by atoms with Crippen molar-refractivity contribution in [2.75, 3.05) is 0 Å². The molecule has 2 rings (SSSR count). The third-order valence-electron chi connectivity index (χ3n) is 1.42. The Hall–Kier alpha value is -1.44. The second-order valence-electron chi connectivity index (χ2n) is 2.09. The smallest absolute Gasteiger partial charge is 0.0612 e. The molecule has 1 aliphatic heterocycles. The van der Waals surface area contributed by atoms with Gasteiger partial charge in [-0.05, 0) is 6.07 Å². The fraction of sp³-hybridized carbons (Fsp3) is 0. The third kappa shape index (κ3) is 0.739. The molecule has 1 aromatic carbocycles. The summed E-state index contributed by atoms with van der Waals surface area (Å²) in [6, 6.07) is 7.91. The van der Waals surface area contributed by atoms with Crippen LogP contribution in [0.1, 0.15) is 0 Å². The van der Waals surface area contributed by atoms with E-state index in [9.17, 15) is 0 Å². The van der Waals surface area contributed by atoms with Crippen molar-refractivity contribution in [1.29, 1.82) is 0 Å². The van der Waals surface area contributed by atoms with Crippen LogP contribution in [-0.2, 0) is 0 Å². The molecule has 0 fully saturated rings. The monoisotopic (exact) mass is 130 g/mol. The zero-order valence-electron chi connectivity index (χ0n) is 5.36. The maximum absolute atomic E-state index is 3.93. The molecule has 2 radical (unpaired) electrons. The number of hydrogen-bond acceptors (Lipinski definition) is 2. The molecule has 0 spiro atoms. The molecule has 46 valence electrons. The van der Waals surface area contributed by atoms with Gasteiger partial charge >= 0.3 is 21.8 Å². The van der Waals surface area contributed by atoms with Crippen LogP contribution in [0.5, 0.6) is 0 Å². The Morgan fingerprint density at radius 1 is 1.10 bits per heavy atom. The maximum atomic E-state index is 3.93. The number of rotatable bonds is 0. The summed E-state index contributed by atoms with van der Waals surface area (Å²) in [7, 11) is 0. The van der Waals surface area contributed by atoms with Gasteiger partial charge in [0.1, 0.15) is 0 Å². The lowest BCUT2D eigenvalue weighted by Crippen LogP contribution is -2.33. The van der Waals surface area contributed by atoms with E-state index in [1.807, 2.05) is 30.3 Å². The molecule has 1 aliphatic rings. The molecule has 0 N–H and O–H groups in total. The number of fused-ring (bicyclic) bond motifs is 1. The summed E-state index contributed by atoms with van der Waals surface area (Å²) in [5, 5.41) is 9.78. The predicted molar refractivity (Wildman–Crippen MR) is 39.6 cm³/mol. The van der Waals surface area contributed by atoms with Crippen molar-refractivity contribution in [2.45, 2.75) is 0 Å². The quantitative estimate of drug-likeness (QED) is 0.420. The van der Waals surface area contributed by atoms with E-state index in [-0.39, 0.29) is 0 Å². The predicted octanol–water partition coefficient (Wildman–Crippen LogP) is -1.24. The highest BCUT2D eigenvalue weighted by atomic mass is 15.2. The topological polar surface area (TPSA) is 28.2 Å². The average molecular weight is 130 g/mol. The zero-order valence-corrected chi connectivity index (χ0v) is 5.36. The van der Waals surface area contributed by atoms with Gasteiger partial charge in [-0.15, -0.1) is 0 Å². The van der Waals surface area contributed by atoms with Crippen molar-refractivity contribution in [1.82, 2.24) is 10.2 Å². The first-order valence-corrected chi connectivity index (χ1v) is 3.13. The van der Waals surface area contributed by atoms with Crippen LogP contribution in [0.15, 0.2) is 24.3 Å². The number of benzene rings is 1. The second-order valence-corrected chi connectivity index (χ2v) is 2.09. The van der Waals surface area contributed by atoms with Crippen LogP contribution in [0.25, 0.3) is 6.08 Å². The lowest BCUT2D eigenvalue weighted by Gasteiger charge is -1.73. The molecule has 0 amide bonds. The van der Waals surface area contributed by atoms with Gasteiger partial charge in [-0.2, -0.15) is 0 Å². The summed E-state index contributed by atoms with van der Waals surface area (Å²) in [5.74, 6) is 0. The van der Waals surface area contributed by atoms with E-state index in [1.54, 1.807) is 6.21 Å². The van der Waals surface area contributed by atoms with Gasteiger partial charge in [0, 0.05) is 12.1 Å². The van der Waals surface area contributed by atoms with Gasteiger partial charge in [0.05, 0.1) is 5.22 Å². The third-order valence-corrected chi connectivity index (χ3v) is 1.42. The van der Waals surface area contributed by atoms with Gasteiger partial charge in [-0.25, -0.2) is 0 Å². The summed E-state index contributed by atoms with van der Waals surface area (Å²) in [4.78, 5) is 0. The molecule has 10 heavy (non-hydrogen) atoms. The van der Waals surface area contributed by atoms with Crippen LogP contribution < -0.4 is 20.8 Å². The Labute approximate surface area is 58.2 Å². The molecule has 0 bridgehead atoms. The Morgan fingerprint density at radius 2 is 2.00 bits per heavy atom. The minimum absolute atomic E-state index is 0.949. The molecule has 2 nitrogen and oxygen atoms in total. The highest BCUT2D eigenvalue weighted by Crippen LogP contribution is 1.69. The standard InChI is InChI=1S/C8H6N2/c1-2-4-8-7(3-1)5-6-9-10-8/h1-6H/q+2. The van der Waals surface area contributed by atoms with Crippen molar-refractivity contribution in [3.63, 3.8) is 0 Å². The van der Waals surface area contributed by atoms with Gasteiger partial charge < -0.3 is 0 Å². The van der Waals surface area contributed by atoms with Crippen LogP contribution in [0.4, 0.5) is 0 Å². The SMILES string of the molecule is C1=[N+][N+]=c2ccccc2=C1. The van der Waals surface area contributed by atoms with Gasteiger partial charge in [0.15, 0.2) is 0 Å². The van der Waals surface area contributed by atoms with E-state index in [0.717, 1.165) is 10.6 Å². The van der Waals surface area contributed by atoms with Gasteiger partial charge in [-0.3, -0.25) is 0 Å². The van der Waals surface area contributed by atoms with E-state index in [0.29, 0.717) is 0 Å². The van der Waals surface area contributed by atoms with Crippen molar-refractivity contribution >= 4 is 12.3 Å². The Kier molecular flexibility index (Phi) is 1.10. The lowest BCUT2D eigenvalue weighted by molar-refractivity contribution is 0.894. The lowest BCUT2D eigenvalue weighted by atomic mass is 10.2. The van der Waals surface area contributed by atoms with Gasteiger partial charge in [0.25, 0.3) is 0 Å². The largest absolute Gasteiger partial charge is 0.428 e. The Morgan fingerprint density at radius 3 is 2.90 bits per heavy atom. The zero-order chi connectivity index (χ0) is 6.81. The molecule has 1 heterocycles. The van der Waals surface area contributed by atoms with E-state index in [4.69, 9.17) is 0 Å². The summed E-state index contributed by atoms with van der Waals surface area (Å²) >= 11 is 0. The first-order chi connectivity index (χ1) is 4.97. The summed E-state index contributed by atoms with van der Waals surface area (Å²) in [5.41, 5.74) is 0. The Bertz CT molecular complexity index is 339. The van der Waals surface area contributed by atoms with Crippen LogP contribution in [-0.4, -0.2) is 6.21 Å². The van der Waals surface area contributed by atoms with Gasteiger partial charge in [-0.1, -0.05) is 12.1 Å². The molecule has 0 aromatic heterocycles. The van der Waals surface area contributed by atoms with E-state index in [2.05, 4.69) is 10.2 Å². The highest BCUT2D eigenvalue weighted by molar-refractivity contribution is 5.90. The molecular weight excluding hydrogens is 124 g/mol. The fourth-order valence-electron chi connectivity index (χ4n) is 0.929. The van der Waals surface area contributed by atoms with Crippen LogP contribution in [0.3, 0.4) is 0 Å². The normalized spacial score (nSPS) is 13.2. The Balaban J connectivity index is 2.92. The molecule has 0 aliphatic carbocycles. The second kappa shape index (κ2) is 2.06. The van der Waals surface area contributed by atoms with Crippen molar-refractivity contribution in [3.05, 3.63) is 34.8 Å². The molecule has 0 saturated carbocycles. The van der Waals surface area contributed by atoms with E-state index in [1.165, 1.54) is 0 Å². The minimum atomic E-state index is 0.949. The average Bonchev–Trinajstić information content (AvgIpc) is 2.05. The first-order valence-electron chi connectivity index (χ1n) is 3.13. The van der Waals surface area contributed by atoms with E-state index < -0.39 is 0 Å². The van der Waals surface area contributed by atoms with Crippen LogP contribution in [0, 0.1) is 0 Å². The molecule has 0 saturated heterocycles. The van der Waals surface area contributed by atoms with Crippen LogP contribution in [0.2, 0.25) is 0 Å². The molecule has 0 atom stereocenters. The van der Waals surface area contributed by atoms with Crippen molar-refractivity contribution in [3.8, 4) is 0 Å². The van der Waals surface area contributed by atoms with Gasteiger partial charge in [0.2, 0.25) is 0 Å². The molecule has 0 unspecified atom stereocenters. The highest BCUT2D eigenvalue weighted by Gasteiger charge is 2.09. The van der Waals surface area contributed by atoms with E-state index >= 15 is 0 Å². The first kappa shape index (κ1) is 5.35. The summed E-state index contributed by atoms with van der Waals surface area (Å²) < 4.78 is 0. The number of hydrogen-bond donors (Lipinski definition) is 0. The van der Waals surface area contributed by atoms with Crippen molar-refractivity contribution in [2.24, 2.45) is 0 Å². The molecule has 2 heteroatoms. The van der Waals surface area contributed by atoms with Crippen LogP contribution >= 0.6 is 0 Å².